The van der Waals surface area contributed by atoms with Crippen LogP contribution in [0, 0.1) is 5.92 Å². The molecule has 0 atom stereocenters. The molecule has 1 aliphatic rings. The molecule has 0 saturated carbocycles. The Morgan fingerprint density at radius 1 is 1.46 bits per heavy atom. The molecular formula is C10H18NO2. The summed E-state index contributed by atoms with van der Waals surface area (Å²) < 4.78 is 5.24. The maximum atomic E-state index is 11.5. The second-order valence-corrected chi connectivity index (χ2v) is 4.61. The molecule has 0 unspecified atom stereocenters. The molecule has 0 N–H and O–H groups in total. The number of rotatable bonds is 0. The molecule has 0 aromatic rings. The Hall–Kier alpha value is -0.730. The third-order valence-corrected chi connectivity index (χ3v) is 1.92. The highest BCUT2D eigenvalue weighted by atomic mass is 16.6. The molecule has 1 aliphatic heterocycles. The van der Waals surface area contributed by atoms with E-state index in [0.717, 1.165) is 19.5 Å². The van der Waals surface area contributed by atoms with E-state index in [0.29, 0.717) is 0 Å². The lowest BCUT2D eigenvalue weighted by atomic mass is 10.2. The van der Waals surface area contributed by atoms with Crippen LogP contribution < -0.4 is 0 Å². The van der Waals surface area contributed by atoms with E-state index in [1.165, 1.54) is 5.92 Å². The largest absolute Gasteiger partial charge is 0.444 e. The van der Waals surface area contributed by atoms with E-state index in [4.69, 9.17) is 4.74 Å². The second-order valence-electron chi connectivity index (χ2n) is 4.61. The van der Waals surface area contributed by atoms with Crippen molar-refractivity contribution in [2.24, 2.45) is 0 Å². The fourth-order valence-corrected chi connectivity index (χ4v) is 1.29. The number of carbonyl (C=O) groups is 1. The lowest BCUT2D eigenvalue weighted by Crippen LogP contribution is -2.35. The zero-order chi connectivity index (χ0) is 10.1. The summed E-state index contributed by atoms with van der Waals surface area (Å²) in [5.41, 5.74) is -0.381. The van der Waals surface area contributed by atoms with E-state index in [1.807, 2.05) is 20.8 Å². The van der Waals surface area contributed by atoms with Crippen molar-refractivity contribution in [1.29, 1.82) is 0 Å². The number of ether oxygens (including phenoxy) is 1. The number of hydrogen-bond acceptors (Lipinski definition) is 2. The molecule has 1 rings (SSSR count). The number of likely N-dealkylation sites (tertiary alicyclic amines) is 1. The zero-order valence-corrected chi connectivity index (χ0v) is 8.89. The third kappa shape index (κ3) is 3.25. The van der Waals surface area contributed by atoms with Gasteiger partial charge in [-0.25, -0.2) is 4.79 Å². The minimum absolute atomic E-state index is 0.190. The van der Waals surface area contributed by atoms with Gasteiger partial charge in [0.2, 0.25) is 0 Å². The molecule has 75 valence electrons. The highest BCUT2D eigenvalue weighted by Gasteiger charge is 2.27. The molecule has 3 heteroatoms. The van der Waals surface area contributed by atoms with Gasteiger partial charge in [-0.05, 0) is 33.1 Å². The Bertz CT molecular complexity index is 196. The number of hydrogen-bond donors (Lipinski definition) is 0. The smallest absolute Gasteiger partial charge is 0.410 e. The summed E-state index contributed by atoms with van der Waals surface area (Å²) in [6.45, 7) is 9.30. The lowest BCUT2D eigenvalue weighted by Gasteiger charge is -2.24. The van der Waals surface area contributed by atoms with Gasteiger partial charge >= 0.3 is 6.09 Å². The van der Waals surface area contributed by atoms with Crippen LogP contribution in [0.1, 0.15) is 34.1 Å². The molecule has 0 spiro atoms. The molecule has 0 aliphatic carbocycles. The lowest BCUT2D eigenvalue weighted by molar-refractivity contribution is 0.0297. The predicted molar refractivity (Wildman–Crippen MR) is 51.3 cm³/mol. The van der Waals surface area contributed by atoms with Crippen molar-refractivity contribution in [1.82, 2.24) is 4.90 Å². The van der Waals surface area contributed by atoms with Gasteiger partial charge in [0.1, 0.15) is 5.60 Å². The average Bonchev–Trinajstić information content (AvgIpc) is 2.31. The monoisotopic (exact) mass is 184 g/mol. The van der Waals surface area contributed by atoms with Crippen molar-refractivity contribution in [3.8, 4) is 0 Å². The minimum Gasteiger partial charge on any atom is -0.444 e. The molecule has 13 heavy (non-hydrogen) atoms. The van der Waals surface area contributed by atoms with Crippen molar-refractivity contribution in [2.45, 2.75) is 39.7 Å². The van der Waals surface area contributed by atoms with Gasteiger partial charge in [-0.15, -0.1) is 0 Å². The molecule has 1 radical (unpaired) electrons. The van der Waals surface area contributed by atoms with E-state index in [9.17, 15) is 4.79 Å². The van der Waals surface area contributed by atoms with E-state index >= 15 is 0 Å². The van der Waals surface area contributed by atoms with Crippen LogP contribution in [0.15, 0.2) is 0 Å². The van der Waals surface area contributed by atoms with Crippen LogP contribution in [0.3, 0.4) is 0 Å². The number of carbonyl (C=O) groups excluding carboxylic acids is 1. The normalized spacial score (nSPS) is 19.2. The first-order valence-electron chi connectivity index (χ1n) is 4.68. The molecule has 1 amide bonds. The summed E-state index contributed by atoms with van der Waals surface area (Å²) in [5.74, 6) is 1.35. The van der Waals surface area contributed by atoms with E-state index in [2.05, 4.69) is 6.92 Å². The van der Waals surface area contributed by atoms with Gasteiger partial charge in [-0.1, -0.05) is 6.92 Å². The van der Waals surface area contributed by atoms with Gasteiger partial charge in [-0.3, -0.25) is 0 Å². The van der Waals surface area contributed by atoms with Crippen LogP contribution in [-0.2, 0) is 4.74 Å². The van der Waals surface area contributed by atoms with Gasteiger partial charge in [0.05, 0.1) is 0 Å². The van der Waals surface area contributed by atoms with E-state index in [1.54, 1.807) is 4.90 Å². The third-order valence-electron chi connectivity index (χ3n) is 1.92. The Morgan fingerprint density at radius 3 is 2.46 bits per heavy atom. The van der Waals surface area contributed by atoms with Crippen LogP contribution in [0.4, 0.5) is 4.79 Å². The molecule has 1 saturated heterocycles. The minimum atomic E-state index is -0.381. The van der Waals surface area contributed by atoms with Crippen LogP contribution in [0.25, 0.3) is 0 Å². The van der Waals surface area contributed by atoms with Crippen LogP contribution in [0.5, 0.6) is 0 Å². The van der Waals surface area contributed by atoms with Gasteiger partial charge in [0, 0.05) is 13.1 Å². The first-order chi connectivity index (χ1) is 5.88. The van der Waals surface area contributed by atoms with Crippen LogP contribution >= 0.6 is 0 Å². The molecule has 1 fully saturated rings. The van der Waals surface area contributed by atoms with Gasteiger partial charge in [-0.2, -0.15) is 0 Å². The molecule has 0 bridgehead atoms. The van der Waals surface area contributed by atoms with Crippen LogP contribution in [0.2, 0.25) is 0 Å². The molecule has 3 nitrogen and oxygen atoms in total. The van der Waals surface area contributed by atoms with Crippen molar-refractivity contribution in [2.75, 3.05) is 13.1 Å². The molecule has 0 aromatic carbocycles. The Kier molecular flexibility index (Phi) is 2.84. The molecule has 1 heterocycles. The standard InChI is InChI=1S/C10H18NO2/c1-8-5-6-11(7-8)9(12)13-10(2,3)4/h5-7H2,1-4H3. The summed E-state index contributed by atoms with van der Waals surface area (Å²) >= 11 is 0. The fraction of sp³-hybridized carbons (Fsp3) is 0.800. The van der Waals surface area contributed by atoms with E-state index < -0.39 is 0 Å². The maximum absolute atomic E-state index is 11.5. The summed E-state index contributed by atoms with van der Waals surface area (Å²) in [5, 5.41) is 0. The quantitative estimate of drug-likeness (QED) is 0.577. The summed E-state index contributed by atoms with van der Waals surface area (Å²) in [7, 11) is 0. The molecular weight excluding hydrogens is 166 g/mol. The zero-order valence-electron chi connectivity index (χ0n) is 8.89. The van der Waals surface area contributed by atoms with Crippen molar-refractivity contribution >= 4 is 6.09 Å². The molecule has 0 aromatic heterocycles. The van der Waals surface area contributed by atoms with Gasteiger partial charge in [0.15, 0.2) is 0 Å². The summed E-state index contributed by atoms with van der Waals surface area (Å²) in [6, 6.07) is 0. The summed E-state index contributed by atoms with van der Waals surface area (Å²) in [4.78, 5) is 13.2. The second kappa shape index (κ2) is 3.56. The van der Waals surface area contributed by atoms with Crippen LogP contribution in [-0.4, -0.2) is 29.7 Å². The van der Waals surface area contributed by atoms with Crippen molar-refractivity contribution < 1.29 is 9.53 Å². The Morgan fingerprint density at radius 2 is 2.08 bits per heavy atom. The maximum Gasteiger partial charge on any atom is 0.410 e. The van der Waals surface area contributed by atoms with Gasteiger partial charge < -0.3 is 9.64 Å². The Labute approximate surface area is 80.1 Å². The topological polar surface area (TPSA) is 29.5 Å². The number of amides is 1. The highest BCUT2D eigenvalue weighted by Crippen LogP contribution is 2.19. The fourth-order valence-electron chi connectivity index (χ4n) is 1.29. The van der Waals surface area contributed by atoms with Gasteiger partial charge in [0.25, 0.3) is 0 Å². The van der Waals surface area contributed by atoms with Crippen molar-refractivity contribution in [3.05, 3.63) is 5.92 Å². The number of nitrogens with zero attached hydrogens (tertiary/aromatic N) is 1. The predicted octanol–water partition coefficient (Wildman–Crippen LogP) is 2.22. The van der Waals surface area contributed by atoms with Crippen molar-refractivity contribution in [3.63, 3.8) is 0 Å². The highest BCUT2D eigenvalue weighted by molar-refractivity contribution is 5.68. The van der Waals surface area contributed by atoms with E-state index in [-0.39, 0.29) is 11.7 Å². The Balaban J connectivity index is 2.41. The average molecular weight is 184 g/mol. The first-order valence-corrected chi connectivity index (χ1v) is 4.68. The SMILES string of the molecule is C[C]1CCN(C(=O)OC(C)(C)C)C1. The summed E-state index contributed by atoms with van der Waals surface area (Å²) in [6.07, 6.45) is 0.823. The first kappa shape index (κ1) is 10.4.